The summed E-state index contributed by atoms with van der Waals surface area (Å²) in [5.74, 6) is 0.424. The first-order valence-corrected chi connectivity index (χ1v) is 5.72. The Morgan fingerprint density at radius 2 is 1.67 bits per heavy atom. The lowest BCUT2D eigenvalue weighted by atomic mass is 9.73. The normalized spacial score (nSPS) is 26.5. The van der Waals surface area contributed by atoms with Gasteiger partial charge in [0.2, 0.25) is 0 Å². The van der Waals surface area contributed by atoms with Crippen LogP contribution in [0.25, 0.3) is 0 Å². The van der Waals surface area contributed by atoms with E-state index in [9.17, 15) is 10.0 Å². The van der Waals surface area contributed by atoms with Crippen molar-refractivity contribution in [3.63, 3.8) is 0 Å². The molecular formula is C12H23NO2. The maximum absolute atomic E-state index is 11.7. The van der Waals surface area contributed by atoms with Crippen molar-refractivity contribution < 1.29 is 10.0 Å². The zero-order valence-electron chi connectivity index (χ0n) is 10.5. The van der Waals surface area contributed by atoms with Gasteiger partial charge in [-0.2, -0.15) is 5.06 Å². The molecule has 0 bridgehead atoms. The van der Waals surface area contributed by atoms with E-state index in [4.69, 9.17) is 0 Å². The van der Waals surface area contributed by atoms with Crippen molar-refractivity contribution >= 4 is 5.78 Å². The van der Waals surface area contributed by atoms with Crippen molar-refractivity contribution in [3.05, 3.63) is 0 Å². The van der Waals surface area contributed by atoms with E-state index in [2.05, 4.69) is 0 Å². The predicted molar refractivity (Wildman–Crippen MR) is 59.8 cm³/mol. The number of hydrogen-bond donors (Lipinski definition) is 1. The van der Waals surface area contributed by atoms with Crippen LogP contribution in [0.3, 0.4) is 0 Å². The maximum atomic E-state index is 11.7. The molecule has 0 saturated carbocycles. The van der Waals surface area contributed by atoms with E-state index in [-0.39, 0.29) is 17.0 Å². The highest BCUT2D eigenvalue weighted by Crippen LogP contribution is 2.40. The van der Waals surface area contributed by atoms with Gasteiger partial charge in [-0.15, -0.1) is 0 Å². The molecule has 3 nitrogen and oxygen atoms in total. The zero-order valence-corrected chi connectivity index (χ0v) is 10.5. The summed E-state index contributed by atoms with van der Waals surface area (Å²) in [6.45, 7) is 9.87. The highest BCUT2D eigenvalue weighted by atomic mass is 16.5. The van der Waals surface area contributed by atoms with Crippen LogP contribution in [0, 0.1) is 5.92 Å². The summed E-state index contributed by atoms with van der Waals surface area (Å²) in [5.41, 5.74) is -0.617. The third-order valence-electron chi connectivity index (χ3n) is 3.44. The Balaban J connectivity index is 2.89. The Morgan fingerprint density at radius 1 is 1.27 bits per heavy atom. The second-order valence-corrected chi connectivity index (χ2v) is 5.86. The number of nitrogens with zero attached hydrogens (tertiary/aromatic N) is 1. The average Bonchev–Trinajstić information content (AvgIpc) is 2.11. The first kappa shape index (κ1) is 12.7. The van der Waals surface area contributed by atoms with E-state index in [0.29, 0.717) is 12.2 Å². The molecule has 0 spiro atoms. The molecule has 1 N–H and O–H groups in total. The third kappa shape index (κ3) is 2.40. The van der Waals surface area contributed by atoms with Crippen LogP contribution in [0.15, 0.2) is 0 Å². The van der Waals surface area contributed by atoms with Crippen LogP contribution in [0.2, 0.25) is 0 Å². The van der Waals surface area contributed by atoms with Crippen molar-refractivity contribution in [1.29, 1.82) is 0 Å². The molecule has 0 aliphatic carbocycles. The second kappa shape index (κ2) is 3.87. The molecule has 1 heterocycles. The van der Waals surface area contributed by atoms with Gasteiger partial charge >= 0.3 is 0 Å². The minimum absolute atomic E-state index is 0.100. The third-order valence-corrected chi connectivity index (χ3v) is 3.44. The van der Waals surface area contributed by atoms with Crippen molar-refractivity contribution in [2.45, 2.75) is 65.0 Å². The van der Waals surface area contributed by atoms with Gasteiger partial charge in [-0.05, 0) is 40.5 Å². The zero-order chi connectivity index (χ0) is 11.9. The average molecular weight is 213 g/mol. The second-order valence-electron chi connectivity index (χ2n) is 5.86. The molecule has 88 valence electrons. The highest BCUT2D eigenvalue weighted by molar-refractivity contribution is 5.81. The van der Waals surface area contributed by atoms with Crippen LogP contribution in [-0.4, -0.2) is 27.1 Å². The summed E-state index contributed by atoms with van der Waals surface area (Å²) in [4.78, 5) is 11.7. The molecule has 0 amide bonds. The van der Waals surface area contributed by atoms with Gasteiger partial charge in [0.05, 0.1) is 0 Å². The Kier molecular flexibility index (Phi) is 3.27. The maximum Gasteiger partial charge on any atom is 0.135 e. The molecule has 0 radical (unpaired) electrons. The standard InChI is InChI=1S/C12H23NO2/c1-6-10(14)9-7-11(2,3)13(15)12(4,5)8-9/h9,15H,6-8H2,1-5H3. The molecule has 0 aromatic rings. The molecule has 1 aliphatic heterocycles. The van der Waals surface area contributed by atoms with E-state index in [1.165, 1.54) is 5.06 Å². The van der Waals surface area contributed by atoms with Gasteiger partial charge in [0.25, 0.3) is 0 Å². The lowest BCUT2D eigenvalue weighted by molar-refractivity contribution is -0.249. The van der Waals surface area contributed by atoms with Gasteiger partial charge in [0, 0.05) is 23.4 Å². The van der Waals surface area contributed by atoms with Gasteiger partial charge in [0.15, 0.2) is 0 Å². The Hall–Kier alpha value is -0.410. The van der Waals surface area contributed by atoms with Crippen molar-refractivity contribution in [2.24, 2.45) is 5.92 Å². The summed E-state index contributed by atoms with van der Waals surface area (Å²) in [6.07, 6.45) is 2.10. The lowest BCUT2D eigenvalue weighted by Gasteiger charge is -2.51. The van der Waals surface area contributed by atoms with E-state index in [1.807, 2.05) is 34.6 Å². The molecule has 3 heteroatoms. The number of rotatable bonds is 2. The topological polar surface area (TPSA) is 40.5 Å². The summed E-state index contributed by atoms with van der Waals surface area (Å²) in [7, 11) is 0. The molecule has 0 unspecified atom stereocenters. The van der Waals surface area contributed by atoms with Crippen molar-refractivity contribution in [3.8, 4) is 0 Å². The first-order valence-electron chi connectivity index (χ1n) is 5.72. The van der Waals surface area contributed by atoms with Gasteiger partial charge in [0.1, 0.15) is 5.78 Å². The van der Waals surface area contributed by atoms with Crippen LogP contribution in [0.4, 0.5) is 0 Å². The smallest absolute Gasteiger partial charge is 0.135 e. The quantitative estimate of drug-likeness (QED) is 0.766. The number of piperidine rings is 1. The molecule has 0 aromatic heterocycles. The summed E-state index contributed by atoms with van der Waals surface area (Å²) in [5, 5.41) is 11.5. The van der Waals surface area contributed by atoms with Crippen molar-refractivity contribution in [2.75, 3.05) is 0 Å². The summed E-state index contributed by atoms with van der Waals surface area (Å²) < 4.78 is 0. The van der Waals surface area contributed by atoms with E-state index < -0.39 is 0 Å². The fourth-order valence-corrected chi connectivity index (χ4v) is 2.79. The molecule has 0 aromatic carbocycles. The van der Waals surface area contributed by atoms with E-state index in [1.54, 1.807) is 0 Å². The minimum Gasteiger partial charge on any atom is -0.313 e. The van der Waals surface area contributed by atoms with Crippen LogP contribution in [-0.2, 0) is 4.79 Å². The Labute approximate surface area is 92.4 Å². The van der Waals surface area contributed by atoms with Gasteiger partial charge in [-0.1, -0.05) is 6.92 Å². The highest BCUT2D eigenvalue weighted by Gasteiger charge is 2.46. The first-order chi connectivity index (χ1) is 6.70. The molecule has 1 rings (SSSR count). The largest absolute Gasteiger partial charge is 0.313 e. The fraction of sp³-hybridized carbons (Fsp3) is 0.917. The molecular weight excluding hydrogens is 190 g/mol. The van der Waals surface area contributed by atoms with Gasteiger partial charge in [-0.25, -0.2) is 0 Å². The van der Waals surface area contributed by atoms with E-state index in [0.717, 1.165) is 12.8 Å². The lowest BCUT2D eigenvalue weighted by Crippen LogP contribution is -2.59. The number of ketones is 1. The van der Waals surface area contributed by atoms with Crippen LogP contribution >= 0.6 is 0 Å². The molecule has 1 aliphatic rings. The number of carbonyl (C=O) groups excluding carboxylic acids is 1. The fourth-order valence-electron chi connectivity index (χ4n) is 2.79. The molecule has 15 heavy (non-hydrogen) atoms. The molecule has 1 saturated heterocycles. The van der Waals surface area contributed by atoms with Gasteiger partial charge in [-0.3, -0.25) is 4.79 Å². The summed E-state index contributed by atoms with van der Waals surface area (Å²) >= 11 is 0. The van der Waals surface area contributed by atoms with Gasteiger partial charge < -0.3 is 5.21 Å². The molecule has 1 fully saturated rings. The number of carbonyl (C=O) groups is 1. The number of hydroxylamine groups is 2. The number of Topliss-reactive ketones (excluding diaryl/α,β-unsaturated/α-hetero) is 1. The van der Waals surface area contributed by atoms with E-state index >= 15 is 0 Å². The van der Waals surface area contributed by atoms with Crippen LogP contribution in [0.1, 0.15) is 53.9 Å². The SMILES string of the molecule is CCC(=O)C1CC(C)(C)N(O)C(C)(C)C1. The predicted octanol–water partition coefficient (Wildman–Crippen LogP) is 2.62. The minimum atomic E-state index is -0.308. The summed E-state index contributed by atoms with van der Waals surface area (Å²) in [6, 6.07) is 0. The van der Waals surface area contributed by atoms with Crippen LogP contribution in [0.5, 0.6) is 0 Å². The number of hydrogen-bond acceptors (Lipinski definition) is 3. The Bertz CT molecular complexity index is 240. The molecule has 0 atom stereocenters. The van der Waals surface area contributed by atoms with Crippen molar-refractivity contribution in [1.82, 2.24) is 5.06 Å². The monoisotopic (exact) mass is 213 g/mol. The van der Waals surface area contributed by atoms with Crippen LogP contribution < -0.4 is 0 Å². The Morgan fingerprint density at radius 3 is 2.00 bits per heavy atom.